The Balaban J connectivity index is 1.13. The second-order valence-electron chi connectivity index (χ2n) is 14.3. The minimum absolute atomic E-state index is 0.0483. The maximum atomic E-state index is 9.47. The van der Waals surface area contributed by atoms with Crippen molar-refractivity contribution in [2.45, 2.75) is 12.3 Å². The molecule has 0 saturated heterocycles. The minimum Gasteiger partial charge on any atom is -0.311 e. The van der Waals surface area contributed by atoms with E-state index in [-0.39, 0.29) is 6.71 Å². The third-order valence-corrected chi connectivity index (χ3v) is 11.6. The summed E-state index contributed by atoms with van der Waals surface area (Å²) in [6.45, 7) is 0.0483. The van der Waals surface area contributed by atoms with Crippen LogP contribution >= 0.6 is 0 Å². The average molecular weight is 658 g/mol. The van der Waals surface area contributed by atoms with Crippen LogP contribution in [0.1, 0.15) is 33.7 Å². The van der Waals surface area contributed by atoms with Gasteiger partial charge in [-0.1, -0.05) is 109 Å². The molecule has 1 unspecified atom stereocenters. The van der Waals surface area contributed by atoms with Crippen LogP contribution in [0.2, 0.25) is 0 Å². The maximum Gasteiger partial charge on any atom is 0.248 e. The van der Waals surface area contributed by atoms with Gasteiger partial charge >= 0.3 is 0 Å². The molecule has 0 N–H and O–H groups in total. The highest BCUT2D eigenvalue weighted by atomic mass is 15.2. The van der Waals surface area contributed by atoms with Gasteiger partial charge in [-0.05, 0) is 127 Å². The van der Waals surface area contributed by atoms with Gasteiger partial charge in [-0.2, -0.15) is 10.5 Å². The smallest absolute Gasteiger partial charge is 0.248 e. The molecule has 238 valence electrons. The van der Waals surface area contributed by atoms with Gasteiger partial charge in [0.2, 0.25) is 6.71 Å². The third-order valence-electron chi connectivity index (χ3n) is 11.6. The molecule has 0 bridgehead atoms. The molecule has 0 amide bonds. The van der Waals surface area contributed by atoms with Crippen LogP contribution in [0.4, 0.5) is 17.1 Å². The Morgan fingerprint density at radius 1 is 0.615 bits per heavy atom. The number of allylic oxidation sites excluding steroid dienone is 7. The second kappa shape index (κ2) is 10.8. The van der Waals surface area contributed by atoms with Crippen molar-refractivity contribution in [1.82, 2.24) is 0 Å². The topological polar surface area (TPSA) is 50.8 Å². The van der Waals surface area contributed by atoms with E-state index in [1.54, 1.807) is 0 Å². The van der Waals surface area contributed by atoms with Crippen LogP contribution in [-0.4, -0.2) is 6.71 Å². The summed E-state index contributed by atoms with van der Waals surface area (Å²) in [5, 5.41) is 18.9. The van der Waals surface area contributed by atoms with Crippen molar-refractivity contribution < 1.29 is 0 Å². The van der Waals surface area contributed by atoms with Gasteiger partial charge in [-0.3, -0.25) is 0 Å². The third kappa shape index (κ3) is 4.07. The van der Waals surface area contributed by atoms with Crippen molar-refractivity contribution in [3.05, 3.63) is 185 Å². The lowest BCUT2D eigenvalue weighted by molar-refractivity contribution is 0.892. The lowest BCUT2D eigenvalue weighted by Gasteiger charge is -2.38. The van der Waals surface area contributed by atoms with Crippen LogP contribution in [0.25, 0.3) is 39.5 Å². The minimum atomic E-state index is 0.0483. The van der Waals surface area contributed by atoms with Gasteiger partial charge in [0.05, 0.1) is 23.3 Å². The zero-order valence-corrected chi connectivity index (χ0v) is 28.1. The Kier molecular flexibility index (Phi) is 6.01. The number of fused-ring (bicyclic) bond motifs is 5. The van der Waals surface area contributed by atoms with Gasteiger partial charge in [0, 0.05) is 23.0 Å². The first-order chi connectivity index (χ1) is 25.7. The summed E-state index contributed by atoms with van der Waals surface area (Å²) in [6, 6.07) is 45.7. The van der Waals surface area contributed by atoms with E-state index in [9.17, 15) is 10.5 Å². The summed E-state index contributed by atoms with van der Waals surface area (Å²) in [5.74, 6) is 0.316. The molecule has 0 saturated carbocycles. The highest BCUT2D eigenvalue weighted by molar-refractivity contribution is 7.01. The van der Waals surface area contributed by atoms with Gasteiger partial charge < -0.3 is 4.90 Å². The van der Waals surface area contributed by atoms with Crippen molar-refractivity contribution >= 4 is 46.2 Å². The summed E-state index contributed by atoms with van der Waals surface area (Å²) < 4.78 is 0. The van der Waals surface area contributed by atoms with E-state index in [0.717, 1.165) is 28.7 Å². The summed E-state index contributed by atoms with van der Waals surface area (Å²) in [4.78, 5) is 2.50. The van der Waals surface area contributed by atoms with E-state index in [0.29, 0.717) is 17.0 Å². The Morgan fingerprint density at radius 2 is 1.33 bits per heavy atom. The Bertz CT molecular complexity index is 2780. The average Bonchev–Trinajstić information content (AvgIpc) is 3.54. The Hall–Kier alpha value is -6.88. The van der Waals surface area contributed by atoms with Crippen LogP contribution in [0, 0.1) is 22.7 Å². The van der Waals surface area contributed by atoms with Gasteiger partial charge in [0.25, 0.3) is 0 Å². The van der Waals surface area contributed by atoms with Gasteiger partial charge in [-0.25, -0.2) is 0 Å². The van der Waals surface area contributed by atoms with Gasteiger partial charge in [0.15, 0.2) is 0 Å². The van der Waals surface area contributed by atoms with E-state index < -0.39 is 0 Å². The molecule has 2 aliphatic heterocycles. The lowest BCUT2D eigenvalue weighted by atomic mass is 9.37. The van der Waals surface area contributed by atoms with E-state index in [1.807, 2.05) is 36.4 Å². The first kappa shape index (κ1) is 28.9. The van der Waals surface area contributed by atoms with Crippen molar-refractivity contribution in [3.8, 4) is 45.5 Å². The molecule has 0 fully saturated rings. The van der Waals surface area contributed by atoms with Crippen LogP contribution in [-0.2, 0) is 6.42 Å². The summed E-state index contributed by atoms with van der Waals surface area (Å²) in [7, 11) is 0. The SMILES string of the molecule is N#Cc1ccc(-c2ccc3c(c2)B2c4cc(-c5ccc(C#N)cc5)ccc4N(c4cc5c6c(c4)CC=C4C=CC=C(C=C5)C46)c4cccc-3c42)cc1. The van der Waals surface area contributed by atoms with Crippen LogP contribution in [0.15, 0.2) is 157 Å². The quantitative estimate of drug-likeness (QED) is 0.178. The van der Waals surface area contributed by atoms with Crippen molar-refractivity contribution in [1.29, 1.82) is 10.5 Å². The fraction of sp³-hybridized carbons (Fsp3) is 0.0417. The monoisotopic (exact) mass is 657 g/mol. The number of anilines is 3. The normalized spacial score (nSPS) is 16.2. The predicted molar refractivity (Wildman–Crippen MR) is 212 cm³/mol. The standard InChI is InChI=1S/C48H28BN3/c50-27-29-7-11-31(12-8-29)35-19-21-40-41-5-2-6-45-48(41)49(42(40)25-35)43-26-36(32-13-9-30(28-51)10-14-32)20-22-44(43)52(45)39-23-37-17-15-33-3-1-4-34-16-18-38(24-39)47(37)46(33)34/h1-17,19-26,46H,18H2. The molecule has 6 aromatic rings. The van der Waals surface area contributed by atoms with Crippen LogP contribution in [0.3, 0.4) is 0 Å². The summed E-state index contributed by atoms with van der Waals surface area (Å²) in [5.41, 5.74) is 22.7. The predicted octanol–water partition coefficient (Wildman–Crippen LogP) is 9.13. The molecule has 1 atom stereocenters. The molecule has 11 rings (SSSR count). The Labute approximate surface area is 303 Å². The maximum absolute atomic E-state index is 9.47. The molecule has 52 heavy (non-hydrogen) atoms. The molecular formula is C48H28BN3. The van der Waals surface area contributed by atoms with Crippen LogP contribution < -0.4 is 21.3 Å². The largest absolute Gasteiger partial charge is 0.311 e. The Morgan fingerprint density at radius 3 is 2.08 bits per heavy atom. The molecule has 0 spiro atoms. The van der Waals surface area contributed by atoms with E-state index in [2.05, 4.69) is 132 Å². The van der Waals surface area contributed by atoms with Gasteiger partial charge in [0.1, 0.15) is 0 Å². The number of hydrogen-bond acceptors (Lipinski definition) is 3. The summed E-state index contributed by atoms with van der Waals surface area (Å²) >= 11 is 0. The first-order valence-electron chi connectivity index (χ1n) is 17.8. The molecule has 4 heteroatoms. The molecule has 3 nitrogen and oxygen atoms in total. The molecule has 5 aliphatic rings. The van der Waals surface area contributed by atoms with Crippen molar-refractivity contribution in [2.24, 2.45) is 0 Å². The first-order valence-corrected chi connectivity index (χ1v) is 17.8. The fourth-order valence-corrected chi connectivity index (χ4v) is 9.29. The molecule has 6 aromatic carbocycles. The molecule has 3 aliphatic carbocycles. The fourth-order valence-electron chi connectivity index (χ4n) is 9.29. The zero-order valence-electron chi connectivity index (χ0n) is 28.1. The van der Waals surface area contributed by atoms with Crippen molar-refractivity contribution in [2.75, 3.05) is 4.90 Å². The second-order valence-corrected chi connectivity index (χ2v) is 14.3. The summed E-state index contributed by atoms with van der Waals surface area (Å²) in [6.07, 6.45) is 14.7. The number of nitriles is 2. The van der Waals surface area contributed by atoms with Crippen LogP contribution in [0.5, 0.6) is 0 Å². The molecule has 2 heterocycles. The van der Waals surface area contributed by atoms with Gasteiger partial charge in [-0.15, -0.1) is 0 Å². The van der Waals surface area contributed by atoms with Crippen molar-refractivity contribution in [3.63, 3.8) is 0 Å². The van der Waals surface area contributed by atoms with E-state index in [1.165, 1.54) is 72.4 Å². The van der Waals surface area contributed by atoms with E-state index >= 15 is 0 Å². The molecular weight excluding hydrogens is 629 g/mol. The molecule has 0 aromatic heterocycles. The highest BCUT2D eigenvalue weighted by Gasteiger charge is 2.43. The number of hydrogen-bond donors (Lipinski definition) is 0. The number of nitrogens with zero attached hydrogens (tertiary/aromatic N) is 3. The number of benzene rings is 6. The highest BCUT2D eigenvalue weighted by Crippen LogP contribution is 2.49. The molecule has 0 radical (unpaired) electrons. The zero-order chi connectivity index (χ0) is 34.5. The number of rotatable bonds is 3. The van der Waals surface area contributed by atoms with E-state index in [4.69, 9.17) is 0 Å². The lowest BCUT2D eigenvalue weighted by Crippen LogP contribution is -2.54.